The molecule has 4 aromatic rings. The molecule has 5 rings (SSSR count). The third kappa shape index (κ3) is 4.89. The van der Waals surface area contributed by atoms with E-state index in [1.54, 1.807) is 0 Å². The molecule has 0 bridgehead atoms. The van der Waals surface area contributed by atoms with Gasteiger partial charge in [-0.1, -0.05) is 65.7 Å². The van der Waals surface area contributed by atoms with Gasteiger partial charge in [-0.15, -0.1) is 4.67 Å². The van der Waals surface area contributed by atoms with Crippen LogP contribution in [0.15, 0.2) is 78.9 Å². The van der Waals surface area contributed by atoms with Crippen molar-refractivity contribution in [3.8, 4) is 5.69 Å². The largest absolute Gasteiger partial charge is 1.00 e. The van der Waals surface area contributed by atoms with Crippen molar-refractivity contribution in [1.29, 1.82) is 0 Å². The first-order valence-corrected chi connectivity index (χ1v) is 14.1. The molecule has 1 saturated heterocycles. The molecule has 9 heteroatoms. The maximum absolute atomic E-state index is 6.74. The summed E-state index contributed by atoms with van der Waals surface area (Å²) < 4.78 is 10.3. The number of benzene rings is 3. The quantitative estimate of drug-likeness (QED) is 0.368. The summed E-state index contributed by atoms with van der Waals surface area (Å²) in [5.41, 5.74) is 3.84. The van der Waals surface area contributed by atoms with E-state index in [0.29, 0.717) is 23.3 Å². The van der Waals surface area contributed by atoms with E-state index in [2.05, 4.69) is 60.0 Å². The number of anilines is 1. The lowest BCUT2D eigenvalue weighted by atomic mass is 10.3. The van der Waals surface area contributed by atoms with Crippen LogP contribution in [-0.4, -0.2) is 40.8 Å². The highest BCUT2D eigenvalue weighted by Gasteiger charge is 2.54. The molecule has 36 heavy (non-hydrogen) atoms. The maximum atomic E-state index is 6.74. The number of hydrogen-bond acceptors (Lipinski definition) is 4. The Kier molecular flexibility index (Phi) is 8.62. The molecule has 0 spiro atoms. The number of aromatic nitrogens is 2. The monoisotopic (exact) mass is 560 g/mol. The Hall–Kier alpha value is -2.11. The van der Waals surface area contributed by atoms with Gasteiger partial charge in [0.2, 0.25) is 7.56 Å². The summed E-state index contributed by atoms with van der Waals surface area (Å²) >= 11 is 13.5. The highest BCUT2D eigenvalue weighted by atomic mass is 35.5. The van der Waals surface area contributed by atoms with E-state index >= 15 is 0 Å². The van der Waals surface area contributed by atoms with Crippen LogP contribution in [0, 0.1) is 13.8 Å². The number of halogens is 3. The van der Waals surface area contributed by atoms with Crippen molar-refractivity contribution < 1.29 is 17.1 Å². The molecule has 5 nitrogen and oxygen atoms in total. The van der Waals surface area contributed by atoms with Crippen LogP contribution >= 0.6 is 30.8 Å². The van der Waals surface area contributed by atoms with Gasteiger partial charge in [0.1, 0.15) is 16.7 Å². The molecule has 188 valence electrons. The third-order valence-electron chi connectivity index (χ3n) is 6.36. The van der Waals surface area contributed by atoms with Gasteiger partial charge in [0, 0.05) is 0 Å². The Balaban J connectivity index is 0.00000304. The van der Waals surface area contributed by atoms with Gasteiger partial charge in [0.15, 0.2) is 5.30 Å². The fourth-order valence-corrected chi connectivity index (χ4v) is 9.69. The second-order valence-electron chi connectivity index (χ2n) is 8.51. The number of hydrogen-bond donors (Lipinski definition) is 1. The van der Waals surface area contributed by atoms with Crippen molar-refractivity contribution in [2.75, 3.05) is 31.4 Å². The molecule has 1 aliphatic rings. The predicted octanol–water partition coefficient (Wildman–Crippen LogP) is 3.04. The van der Waals surface area contributed by atoms with Crippen LogP contribution in [-0.2, 0) is 4.74 Å². The summed E-state index contributed by atoms with van der Waals surface area (Å²) in [5, 5.41) is 12.5. The van der Waals surface area contributed by atoms with Crippen LogP contribution in [0.2, 0.25) is 10.0 Å². The lowest BCUT2D eigenvalue weighted by Crippen LogP contribution is -3.00. The van der Waals surface area contributed by atoms with E-state index < -0.39 is 7.56 Å². The van der Waals surface area contributed by atoms with Gasteiger partial charge in [0.25, 0.3) is 0 Å². The fourth-order valence-electron chi connectivity index (χ4n) is 4.81. The van der Waals surface area contributed by atoms with E-state index in [9.17, 15) is 0 Å². The number of ether oxygens (including phenoxy) is 1. The average molecular weight is 562 g/mol. The highest BCUT2D eigenvalue weighted by Crippen LogP contribution is 2.61. The van der Waals surface area contributed by atoms with Crippen molar-refractivity contribution in [2.45, 2.75) is 13.8 Å². The predicted molar refractivity (Wildman–Crippen MR) is 148 cm³/mol. The van der Waals surface area contributed by atoms with E-state index in [1.165, 1.54) is 10.6 Å². The third-order valence-corrected chi connectivity index (χ3v) is 11.1. The van der Waals surface area contributed by atoms with Gasteiger partial charge < -0.3 is 17.1 Å². The summed E-state index contributed by atoms with van der Waals surface area (Å²) in [6, 6.07) is 26.5. The topological polar surface area (TPSA) is 42.3 Å². The fraction of sp³-hybridized carbons (Fsp3) is 0.222. The SMILES string of the molecule is Cc1nn(-c2ccccc2)c(C)c1[P+](Nc1c(Cl)cccc1Cl)(c1ccccc1)N1CCOCC1.[Cl-]. The first-order chi connectivity index (χ1) is 17.0. The smallest absolute Gasteiger partial charge is 0.242 e. The number of aryl methyl sites for hydroxylation is 1. The molecule has 1 aliphatic heterocycles. The first kappa shape index (κ1) is 26.9. The molecule has 1 fully saturated rings. The van der Waals surface area contributed by atoms with Crippen LogP contribution in [0.4, 0.5) is 5.69 Å². The Morgan fingerprint density at radius 2 is 1.42 bits per heavy atom. The Bertz CT molecular complexity index is 1290. The van der Waals surface area contributed by atoms with Gasteiger partial charge in [-0.3, -0.25) is 0 Å². The molecule has 0 aliphatic carbocycles. The number of morpholine rings is 1. The van der Waals surface area contributed by atoms with Crippen molar-refractivity contribution in [3.63, 3.8) is 0 Å². The Morgan fingerprint density at radius 1 is 0.833 bits per heavy atom. The number of rotatable bonds is 6. The zero-order chi connectivity index (χ0) is 24.4. The minimum Gasteiger partial charge on any atom is -1.00 e. The summed E-state index contributed by atoms with van der Waals surface area (Å²) in [4.78, 5) is 0. The van der Waals surface area contributed by atoms with Gasteiger partial charge in [0.05, 0.1) is 47.7 Å². The standard InChI is InChI=1S/C27H28Cl2N4OP.ClH/c1-20-27(21(2)33(30-20)22-10-5-3-6-11-22)35(23-12-7-4-8-13-23,32-16-18-34-19-17-32)31-26-24(28)14-9-15-25(26)29;/h3-15,31H,16-19H2,1-2H3;1H/q+1;/p-1. The second kappa shape index (κ2) is 11.5. The molecule has 1 atom stereocenters. The van der Waals surface area contributed by atoms with Gasteiger partial charge in [-0.2, -0.15) is 5.10 Å². The van der Waals surface area contributed by atoms with E-state index in [-0.39, 0.29) is 12.4 Å². The van der Waals surface area contributed by atoms with E-state index in [1.807, 2.05) is 47.1 Å². The summed E-state index contributed by atoms with van der Waals surface area (Å²) in [7, 11) is -2.48. The Labute approximate surface area is 229 Å². The molecule has 1 aromatic heterocycles. The van der Waals surface area contributed by atoms with Crippen molar-refractivity contribution >= 4 is 47.1 Å². The number of para-hydroxylation sites is 2. The van der Waals surface area contributed by atoms with Crippen molar-refractivity contribution in [2.24, 2.45) is 0 Å². The number of nitrogens with one attached hydrogen (secondary N) is 1. The Morgan fingerprint density at radius 3 is 2.03 bits per heavy atom. The normalized spacial score (nSPS) is 15.7. The van der Waals surface area contributed by atoms with Crippen LogP contribution in [0.3, 0.4) is 0 Å². The van der Waals surface area contributed by atoms with Crippen LogP contribution in [0.1, 0.15) is 11.4 Å². The zero-order valence-corrected chi connectivity index (χ0v) is 23.3. The first-order valence-electron chi connectivity index (χ1n) is 11.6. The molecule has 1 N–H and O–H groups in total. The lowest BCUT2D eigenvalue weighted by molar-refractivity contribution is -0.00000762. The van der Waals surface area contributed by atoms with Crippen molar-refractivity contribution in [1.82, 2.24) is 14.5 Å². The summed E-state index contributed by atoms with van der Waals surface area (Å²) in [6.07, 6.45) is 0. The molecule has 2 heterocycles. The van der Waals surface area contributed by atoms with E-state index in [4.69, 9.17) is 33.0 Å². The highest BCUT2D eigenvalue weighted by molar-refractivity contribution is 7.88. The van der Waals surface area contributed by atoms with Crippen LogP contribution in [0.5, 0.6) is 0 Å². The molecule has 0 saturated carbocycles. The molecule has 0 amide bonds. The van der Waals surface area contributed by atoms with Gasteiger partial charge in [-0.25, -0.2) is 9.77 Å². The maximum Gasteiger partial charge on any atom is 0.242 e. The molecule has 3 aromatic carbocycles. The molecule has 0 radical (unpaired) electrons. The summed E-state index contributed by atoms with van der Waals surface area (Å²) in [5.74, 6) is 0. The van der Waals surface area contributed by atoms with Crippen LogP contribution in [0.25, 0.3) is 5.69 Å². The summed E-state index contributed by atoms with van der Waals surface area (Å²) in [6.45, 7) is 7.14. The molecular weight excluding hydrogens is 534 g/mol. The second-order valence-corrected chi connectivity index (χ2v) is 12.4. The number of nitrogens with zero attached hydrogens (tertiary/aromatic N) is 3. The van der Waals surface area contributed by atoms with Crippen molar-refractivity contribution in [3.05, 3.63) is 100 Å². The average Bonchev–Trinajstić information content (AvgIpc) is 3.20. The molecule has 1 unspecified atom stereocenters. The van der Waals surface area contributed by atoms with Crippen LogP contribution < -0.4 is 28.1 Å². The lowest BCUT2D eigenvalue weighted by Gasteiger charge is -2.39. The van der Waals surface area contributed by atoms with Gasteiger partial charge >= 0.3 is 0 Å². The minimum atomic E-state index is -2.48. The van der Waals surface area contributed by atoms with E-state index in [0.717, 1.165) is 35.9 Å². The van der Waals surface area contributed by atoms with Gasteiger partial charge in [-0.05, 0) is 50.2 Å². The molecular formula is C27H28Cl3N4OP. The minimum absolute atomic E-state index is 0. The zero-order valence-electron chi connectivity index (χ0n) is 20.2.